The van der Waals surface area contributed by atoms with Gasteiger partial charge in [0.2, 0.25) is 0 Å². The standard InChI is InChI=1S/C36H37FN6O3S.C35H35FN6O4S.Li.H2O/c1-5-24(44)11-10-16-41(3)33-15-9-14-32(40-33)39-29-17-22(21-42(4)35(29)45)27-18-23(37)19-30(25(27)6-2)43-36(46)34-28(20-38-43)26-12-7-8-13-31(26)47-34;1-4-23(44)9-8-14-40(2)32-13-7-12-31(39-32)38-28-15-21(19-41(3)34(28)45)25-16-22(36)17-29(27(25)20-43)42-35(46)33-26(18-37-42)24-10-5-6-11-30(24)47-33;;/h5,9,14-15,17-21H,1,6-8,10-13,16H2,2-4H3,(H,39,40);4,7,12-13,15-19,43H,1,5-6,8-11,14,20H2,2-3H3,(H,38,39);;1H2/q;;+1;/p-1. The number of halogens is 2. The molecular formula is C71H73F2LiN12O8S2. The second kappa shape index (κ2) is 31.1. The first-order chi connectivity index (χ1) is 45.4. The van der Waals surface area contributed by atoms with Gasteiger partial charge in [0, 0.05) is 116 Å². The molecule has 0 radical (unpaired) electrons. The quantitative estimate of drug-likeness (QED) is 0.0423. The number of thiophene rings is 2. The molecule has 10 aromatic rings. The van der Waals surface area contributed by atoms with E-state index >= 15 is 8.78 Å². The molecule has 8 heterocycles. The van der Waals surface area contributed by atoms with Crippen molar-refractivity contribution >= 4 is 89.1 Å². The van der Waals surface area contributed by atoms with Crippen molar-refractivity contribution in [3.8, 4) is 33.6 Å². The average molecular weight is 1330 g/mol. The average Bonchev–Trinajstić information content (AvgIpc) is 1.46. The number of rotatable bonds is 22. The number of hydrogen-bond donors (Lipinski definition) is 3. The van der Waals surface area contributed by atoms with E-state index in [1.54, 1.807) is 69.2 Å². The summed E-state index contributed by atoms with van der Waals surface area (Å²) in [5.41, 5.74) is 5.10. The van der Waals surface area contributed by atoms with E-state index in [-0.39, 0.29) is 75.2 Å². The summed E-state index contributed by atoms with van der Waals surface area (Å²) < 4.78 is 37.2. The number of fused-ring (bicyclic) bond motifs is 6. The Morgan fingerprint density at radius 3 is 1.46 bits per heavy atom. The molecule has 12 rings (SSSR count). The van der Waals surface area contributed by atoms with Gasteiger partial charge in [0.15, 0.2) is 11.6 Å². The van der Waals surface area contributed by atoms with Crippen LogP contribution in [-0.4, -0.2) is 88.0 Å². The molecule has 0 saturated heterocycles. The maximum Gasteiger partial charge on any atom is 1.00 e. The summed E-state index contributed by atoms with van der Waals surface area (Å²) in [5, 5.41) is 27.5. The number of carbonyl (C=O) groups excluding carboxylic acids is 2. The van der Waals surface area contributed by atoms with Crippen LogP contribution in [0, 0.1) is 11.6 Å². The predicted octanol–water partition coefficient (Wildman–Crippen LogP) is 8.76. The Morgan fingerprint density at radius 1 is 0.625 bits per heavy atom. The summed E-state index contributed by atoms with van der Waals surface area (Å²) in [6.45, 7) is 9.69. The van der Waals surface area contributed by atoms with E-state index in [0.29, 0.717) is 111 Å². The summed E-state index contributed by atoms with van der Waals surface area (Å²) in [5.74, 6) is 1.05. The molecule has 8 aromatic heterocycles. The Labute approximate surface area is 572 Å². The molecule has 0 fully saturated rings. The van der Waals surface area contributed by atoms with Crippen LogP contribution < -0.4 is 61.5 Å². The maximum atomic E-state index is 15.4. The summed E-state index contributed by atoms with van der Waals surface area (Å²) in [6.07, 6.45) is 20.0. The number of hydrogen-bond acceptors (Lipinski definition) is 18. The Balaban J connectivity index is 0.000000221. The van der Waals surface area contributed by atoms with E-state index in [4.69, 9.17) is 0 Å². The van der Waals surface area contributed by atoms with Crippen molar-refractivity contribution in [2.45, 2.75) is 97.0 Å². The van der Waals surface area contributed by atoms with Crippen molar-refractivity contribution in [3.63, 3.8) is 0 Å². The summed E-state index contributed by atoms with van der Waals surface area (Å²) in [4.78, 5) is 92.8. The zero-order chi connectivity index (χ0) is 66.5. The molecule has 0 saturated carbocycles. The molecule has 0 bridgehead atoms. The number of carbonyl (C=O) groups is 2. The molecular weight excluding hydrogens is 1260 g/mol. The zero-order valence-electron chi connectivity index (χ0n) is 54.5. The number of anilines is 6. The molecule has 0 spiro atoms. The molecule has 0 amide bonds. The van der Waals surface area contributed by atoms with Crippen molar-refractivity contribution in [1.29, 1.82) is 0 Å². The normalized spacial score (nSPS) is 12.3. The first kappa shape index (κ1) is 71.0. The van der Waals surface area contributed by atoms with Crippen LogP contribution in [0.15, 0.2) is 142 Å². The second-order valence-corrected chi connectivity index (χ2v) is 25.8. The fraction of sp³-hybridized carbons (Fsp3) is 0.296. The SMILES string of the molecule is C=CC(=O)CCCN(C)c1cccc(Nc2cc(-c3cc(F)cc(-n4ncc5c6c(sc5c4=O)CCCC6)c3CC)cn(C)c2=O)n1.C=CC(=O)CCCN(C)c1cccc(Nc2cc(-c3cc(F)cc(-n4ncc5c6c(sc5c4=O)CCCC6)c3CO)cn(C)c2=O)n1.[Li+].[OH-]. The van der Waals surface area contributed by atoms with Crippen molar-refractivity contribution in [3.05, 3.63) is 208 Å². The Kier molecular flexibility index (Phi) is 23.0. The largest absolute Gasteiger partial charge is 1.00 e. The van der Waals surface area contributed by atoms with E-state index in [9.17, 15) is 33.9 Å². The van der Waals surface area contributed by atoms with Crippen LogP contribution in [0.5, 0.6) is 0 Å². The van der Waals surface area contributed by atoms with Crippen molar-refractivity contribution in [1.82, 2.24) is 38.7 Å². The maximum absolute atomic E-state index is 15.4. The third-order valence-corrected chi connectivity index (χ3v) is 19.8. The van der Waals surface area contributed by atoms with Crippen LogP contribution in [0.4, 0.5) is 43.4 Å². The van der Waals surface area contributed by atoms with Crippen molar-refractivity contribution < 1.29 is 47.8 Å². The molecule has 4 N–H and O–H groups in total. The third kappa shape index (κ3) is 15.0. The molecule has 2 aliphatic rings. The summed E-state index contributed by atoms with van der Waals surface area (Å²) in [6, 6.07) is 19.3. The van der Waals surface area contributed by atoms with Gasteiger partial charge in [0.1, 0.15) is 55.7 Å². The van der Waals surface area contributed by atoms with E-state index in [2.05, 4.69) is 44.0 Å². The summed E-state index contributed by atoms with van der Waals surface area (Å²) in [7, 11) is 6.98. The van der Waals surface area contributed by atoms with Gasteiger partial charge in [0.05, 0.1) is 30.4 Å². The molecule has 0 atom stereocenters. The molecule has 0 aliphatic heterocycles. The fourth-order valence-electron chi connectivity index (χ4n) is 12.3. The minimum Gasteiger partial charge on any atom is -0.870 e. The molecule has 2 aromatic carbocycles. The molecule has 492 valence electrons. The predicted molar refractivity (Wildman–Crippen MR) is 373 cm³/mol. The molecule has 20 nitrogen and oxygen atoms in total. The second-order valence-electron chi connectivity index (χ2n) is 23.6. The van der Waals surface area contributed by atoms with E-state index < -0.39 is 18.2 Å². The van der Waals surface area contributed by atoms with Crippen LogP contribution in [0.1, 0.15) is 90.3 Å². The minimum absolute atomic E-state index is 0. The van der Waals surface area contributed by atoms with Gasteiger partial charge in [-0.1, -0.05) is 32.2 Å². The smallest absolute Gasteiger partial charge is 0.870 e. The minimum atomic E-state index is -0.623. The molecule has 25 heteroatoms. The number of nitrogens with one attached hydrogen (secondary N) is 2. The van der Waals surface area contributed by atoms with Gasteiger partial charge in [-0.25, -0.2) is 18.7 Å². The molecule has 0 unspecified atom stereocenters. The van der Waals surface area contributed by atoms with E-state index in [1.807, 2.05) is 49.0 Å². The van der Waals surface area contributed by atoms with Crippen LogP contribution >= 0.6 is 22.7 Å². The first-order valence-electron chi connectivity index (χ1n) is 31.3. The number of pyridine rings is 4. The molecule has 96 heavy (non-hydrogen) atoms. The van der Waals surface area contributed by atoms with Crippen molar-refractivity contribution in [2.75, 3.05) is 47.6 Å². The zero-order valence-corrected chi connectivity index (χ0v) is 56.1. The number of nitrogens with zero attached hydrogens (tertiary/aromatic N) is 10. The van der Waals surface area contributed by atoms with Crippen molar-refractivity contribution in [2.24, 2.45) is 14.1 Å². The number of aryl methyl sites for hydroxylation is 6. The number of aliphatic hydroxyl groups excluding tert-OH is 1. The topological polar surface area (TPSA) is 254 Å². The number of aliphatic hydroxyl groups is 1. The van der Waals surface area contributed by atoms with E-state index in [1.165, 1.54) is 93.8 Å². The Bertz CT molecular complexity index is 4580. The van der Waals surface area contributed by atoms with Gasteiger partial charge in [-0.2, -0.15) is 19.6 Å². The third-order valence-electron chi connectivity index (χ3n) is 17.2. The van der Waals surface area contributed by atoms with Gasteiger partial charge in [0.25, 0.3) is 22.2 Å². The Morgan fingerprint density at radius 2 is 1.04 bits per heavy atom. The molecule has 2 aliphatic carbocycles. The van der Waals surface area contributed by atoms with E-state index in [0.717, 1.165) is 72.4 Å². The number of allylic oxidation sites excluding steroid dienone is 2. The van der Waals surface area contributed by atoms with Gasteiger partial charge in [-0.15, -0.1) is 22.7 Å². The van der Waals surface area contributed by atoms with Gasteiger partial charge in [-0.3, -0.25) is 28.8 Å². The van der Waals surface area contributed by atoms with Gasteiger partial charge < -0.3 is 40.2 Å². The number of benzene rings is 2. The van der Waals surface area contributed by atoms with Crippen LogP contribution in [-0.2, 0) is 62.4 Å². The Hall–Kier alpha value is -9.28. The van der Waals surface area contributed by atoms with Crippen LogP contribution in [0.2, 0.25) is 0 Å². The monoisotopic (exact) mass is 1330 g/mol. The first-order valence-corrected chi connectivity index (χ1v) is 32.9. The summed E-state index contributed by atoms with van der Waals surface area (Å²) >= 11 is 3.00. The van der Waals surface area contributed by atoms with Crippen LogP contribution in [0.25, 0.3) is 53.8 Å². The fourth-order valence-corrected chi connectivity index (χ4v) is 14.9. The number of ketones is 2. The number of aromatic nitrogens is 8. The van der Waals surface area contributed by atoms with Crippen LogP contribution in [0.3, 0.4) is 0 Å². The van der Waals surface area contributed by atoms with Gasteiger partial charge in [-0.05, 0) is 159 Å². The van der Waals surface area contributed by atoms with Gasteiger partial charge >= 0.3 is 18.9 Å².